The predicted octanol–water partition coefficient (Wildman–Crippen LogP) is 12.1. The quantitative estimate of drug-likeness (QED) is 0.0572. The summed E-state index contributed by atoms with van der Waals surface area (Å²) in [6.45, 7) is 8.05. The highest BCUT2D eigenvalue weighted by Gasteiger charge is 2.05. The number of hydrogen-bond donors (Lipinski definition) is 0. The number of carbonyl (C=O) groups is 2. The van der Waals surface area contributed by atoms with Crippen molar-refractivity contribution in [3.63, 3.8) is 0 Å². The molecule has 4 nitrogen and oxygen atoms in total. The summed E-state index contributed by atoms with van der Waals surface area (Å²) in [5.74, 6) is 0.768. The van der Waals surface area contributed by atoms with Gasteiger partial charge in [-0.05, 0) is 31.6 Å². The second kappa shape index (κ2) is 33.4. The Kier molecular flexibility index (Phi) is 32.6. The number of esters is 2. The number of rotatable bonds is 33. The Bertz CT molecular complexity index is 545. The topological polar surface area (TPSA) is 52.6 Å². The van der Waals surface area contributed by atoms with E-state index < -0.39 is 0 Å². The molecule has 0 aromatic carbocycles. The van der Waals surface area contributed by atoms with E-state index in [1.54, 1.807) is 0 Å². The summed E-state index contributed by atoms with van der Waals surface area (Å²) >= 11 is 0. The van der Waals surface area contributed by atoms with E-state index in [1.165, 1.54) is 122 Å². The van der Waals surface area contributed by atoms with Crippen LogP contribution in [0.3, 0.4) is 0 Å². The molecule has 4 heteroatoms. The van der Waals surface area contributed by atoms with Gasteiger partial charge in [0.25, 0.3) is 0 Å². The molecule has 0 aliphatic heterocycles. The van der Waals surface area contributed by atoms with Gasteiger partial charge in [0, 0.05) is 12.8 Å². The van der Waals surface area contributed by atoms with Crippen molar-refractivity contribution in [3.8, 4) is 0 Å². The second-order valence-electron chi connectivity index (χ2n) is 13.0. The first-order valence-corrected chi connectivity index (χ1v) is 18.4. The van der Waals surface area contributed by atoms with Crippen molar-refractivity contribution < 1.29 is 19.1 Å². The molecule has 0 aliphatic carbocycles. The van der Waals surface area contributed by atoms with E-state index in [0.717, 1.165) is 57.3 Å². The van der Waals surface area contributed by atoms with E-state index in [0.29, 0.717) is 26.1 Å². The van der Waals surface area contributed by atoms with E-state index in [4.69, 9.17) is 9.47 Å². The Morgan fingerprint density at radius 1 is 0.415 bits per heavy atom. The summed E-state index contributed by atoms with van der Waals surface area (Å²) in [5, 5.41) is 0. The lowest BCUT2D eigenvalue weighted by atomic mass is 10.0. The zero-order valence-corrected chi connectivity index (χ0v) is 28.1. The summed E-state index contributed by atoms with van der Waals surface area (Å²) in [6, 6.07) is 0. The zero-order chi connectivity index (χ0) is 30.1. The molecular weight excluding hydrogens is 508 g/mol. The molecule has 0 saturated carbocycles. The normalized spacial score (nSPS) is 11.3. The van der Waals surface area contributed by atoms with Gasteiger partial charge in [-0.15, -0.1) is 0 Å². The Hall–Kier alpha value is -1.06. The van der Waals surface area contributed by atoms with Crippen molar-refractivity contribution in [3.05, 3.63) is 0 Å². The van der Waals surface area contributed by atoms with E-state index in [2.05, 4.69) is 20.8 Å². The van der Waals surface area contributed by atoms with Gasteiger partial charge in [0.15, 0.2) is 0 Å². The van der Waals surface area contributed by atoms with Crippen molar-refractivity contribution in [2.45, 2.75) is 207 Å². The average Bonchev–Trinajstić information content (AvgIpc) is 2.95. The first-order valence-electron chi connectivity index (χ1n) is 18.4. The molecule has 244 valence electrons. The van der Waals surface area contributed by atoms with Gasteiger partial charge < -0.3 is 9.47 Å². The van der Waals surface area contributed by atoms with E-state index in [-0.39, 0.29) is 11.9 Å². The lowest BCUT2D eigenvalue weighted by molar-refractivity contribution is -0.144. The molecule has 0 atom stereocenters. The molecule has 0 aliphatic rings. The highest BCUT2D eigenvalue weighted by Crippen LogP contribution is 2.14. The van der Waals surface area contributed by atoms with Crippen LogP contribution in [-0.2, 0) is 19.1 Å². The summed E-state index contributed by atoms with van der Waals surface area (Å²) < 4.78 is 10.8. The predicted molar refractivity (Wildman–Crippen MR) is 176 cm³/mol. The Balaban J connectivity index is 3.25. The third-order valence-corrected chi connectivity index (χ3v) is 8.21. The molecule has 0 radical (unpaired) electrons. The van der Waals surface area contributed by atoms with Crippen LogP contribution in [0.5, 0.6) is 0 Å². The van der Waals surface area contributed by atoms with Gasteiger partial charge >= 0.3 is 11.9 Å². The summed E-state index contributed by atoms with van der Waals surface area (Å²) in [7, 11) is 0. The van der Waals surface area contributed by atoms with Crippen LogP contribution in [0.2, 0.25) is 0 Å². The molecule has 0 bridgehead atoms. The van der Waals surface area contributed by atoms with Crippen LogP contribution in [-0.4, -0.2) is 25.2 Å². The van der Waals surface area contributed by atoms with Gasteiger partial charge in [0.1, 0.15) is 0 Å². The first kappa shape index (κ1) is 39.9. The third kappa shape index (κ3) is 35.0. The molecule has 41 heavy (non-hydrogen) atoms. The highest BCUT2D eigenvalue weighted by atomic mass is 16.5. The number of carbonyl (C=O) groups excluding carboxylic acids is 2. The van der Waals surface area contributed by atoms with Crippen molar-refractivity contribution in [2.75, 3.05) is 13.2 Å². The SMILES string of the molecule is CCCCCCCCCCCCCCOC(=O)CCCCCCCCC(=O)OCCCCCCCCCCC(C)C. The lowest BCUT2D eigenvalue weighted by Gasteiger charge is -2.06. The van der Waals surface area contributed by atoms with Crippen molar-refractivity contribution in [1.82, 2.24) is 0 Å². The van der Waals surface area contributed by atoms with Crippen LogP contribution in [0, 0.1) is 5.92 Å². The molecule has 0 rings (SSSR count). The number of hydrogen-bond acceptors (Lipinski definition) is 4. The maximum atomic E-state index is 11.9. The Morgan fingerprint density at radius 3 is 1.05 bits per heavy atom. The van der Waals surface area contributed by atoms with Crippen molar-refractivity contribution >= 4 is 11.9 Å². The van der Waals surface area contributed by atoms with Gasteiger partial charge in [-0.25, -0.2) is 0 Å². The molecule has 0 aromatic heterocycles. The minimum atomic E-state index is -0.0361. The molecule has 0 amide bonds. The highest BCUT2D eigenvalue weighted by molar-refractivity contribution is 5.69. The lowest BCUT2D eigenvalue weighted by Crippen LogP contribution is -2.06. The number of ether oxygens (including phenoxy) is 2. The van der Waals surface area contributed by atoms with Gasteiger partial charge in [0.2, 0.25) is 0 Å². The fourth-order valence-electron chi connectivity index (χ4n) is 5.42. The maximum Gasteiger partial charge on any atom is 0.305 e. The molecule has 0 aromatic rings. The second-order valence-corrected chi connectivity index (χ2v) is 13.0. The average molecular weight is 581 g/mol. The monoisotopic (exact) mass is 581 g/mol. The molecule has 0 saturated heterocycles. The van der Waals surface area contributed by atoms with Gasteiger partial charge in [-0.1, -0.05) is 168 Å². The zero-order valence-electron chi connectivity index (χ0n) is 28.1. The Morgan fingerprint density at radius 2 is 0.707 bits per heavy atom. The smallest absolute Gasteiger partial charge is 0.305 e. The molecule has 0 unspecified atom stereocenters. The standard InChI is InChI=1S/C37H72O4/c1-4-5-6-7-8-9-10-11-13-18-23-28-33-40-36(38)31-26-21-16-17-22-27-32-37(39)41-34-29-24-19-14-12-15-20-25-30-35(2)3/h35H,4-34H2,1-3H3. The summed E-state index contributed by atoms with van der Waals surface area (Å²) in [6.07, 6.45) is 34.7. The van der Waals surface area contributed by atoms with Gasteiger partial charge in [-0.2, -0.15) is 0 Å². The largest absolute Gasteiger partial charge is 0.466 e. The Labute approximate surface area is 256 Å². The fraction of sp³-hybridized carbons (Fsp3) is 0.946. The maximum absolute atomic E-state index is 11.9. The van der Waals surface area contributed by atoms with Crippen LogP contribution >= 0.6 is 0 Å². The summed E-state index contributed by atoms with van der Waals surface area (Å²) in [4.78, 5) is 23.8. The minimum absolute atomic E-state index is 0.0343. The third-order valence-electron chi connectivity index (χ3n) is 8.21. The van der Waals surface area contributed by atoms with Crippen LogP contribution in [0.25, 0.3) is 0 Å². The van der Waals surface area contributed by atoms with E-state index in [1.807, 2.05) is 0 Å². The molecule has 0 spiro atoms. The van der Waals surface area contributed by atoms with Crippen LogP contribution < -0.4 is 0 Å². The molecular formula is C37H72O4. The van der Waals surface area contributed by atoms with E-state index in [9.17, 15) is 9.59 Å². The van der Waals surface area contributed by atoms with Crippen LogP contribution in [0.1, 0.15) is 207 Å². The van der Waals surface area contributed by atoms with Gasteiger partial charge in [-0.3, -0.25) is 9.59 Å². The first-order chi connectivity index (χ1) is 20.1. The van der Waals surface area contributed by atoms with Crippen LogP contribution in [0.4, 0.5) is 0 Å². The minimum Gasteiger partial charge on any atom is -0.466 e. The molecule has 0 fully saturated rings. The summed E-state index contributed by atoms with van der Waals surface area (Å²) in [5.41, 5.74) is 0. The van der Waals surface area contributed by atoms with E-state index >= 15 is 0 Å². The molecule has 0 N–H and O–H groups in total. The van der Waals surface area contributed by atoms with Crippen molar-refractivity contribution in [2.24, 2.45) is 5.92 Å². The van der Waals surface area contributed by atoms with Gasteiger partial charge in [0.05, 0.1) is 13.2 Å². The van der Waals surface area contributed by atoms with Crippen LogP contribution in [0.15, 0.2) is 0 Å². The fourth-order valence-corrected chi connectivity index (χ4v) is 5.42. The number of unbranched alkanes of at least 4 members (excludes halogenated alkanes) is 23. The van der Waals surface area contributed by atoms with Crippen molar-refractivity contribution in [1.29, 1.82) is 0 Å². The molecule has 0 heterocycles.